The van der Waals surface area contributed by atoms with E-state index in [2.05, 4.69) is 125 Å². The van der Waals surface area contributed by atoms with Gasteiger partial charge in [-0.25, -0.2) is 0 Å². The predicted octanol–water partition coefficient (Wildman–Crippen LogP) is 1.95. The summed E-state index contributed by atoms with van der Waals surface area (Å²) < 4.78 is 7.61. The average Bonchev–Trinajstić information content (AvgIpc) is 3.37. The summed E-state index contributed by atoms with van der Waals surface area (Å²) in [6, 6.07) is 30.6. The zero-order chi connectivity index (χ0) is 22.9. The molecule has 178 valence electrons. The van der Waals surface area contributed by atoms with Crippen molar-refractivity contribution in [2.75, 3.05) is 6.61 Å². The van der Waals surface area contributed by atoms with Gasteiger partial charge in [0.2, 0.25) is 0 Å². The molecule has 0 spiro atoms. The monoisotopic (exact) mass is 592 g/mol. The Balaban J connectivity index is 0.000000459. The molecular formula is C27H36Cl2OSi2Zr-2. The molecule has 6 heteroatoms. The van der Waals surface area contributed by atoms with Crippen LogP contribution in [0.25, 0.3) is 21.5 Å². The number of benzene rings is 2. The van der Waals surface area contributed by atoms with Crippen molar-refractivity contribution in [3.63, 3.8) is 0 Å². The molecule has 0 fully saturated rings. The van der Waals surface area contributed by atoms with Gasteiger partial charge in [0.05, 0.1) is 0 Å². The molecule has 0 unspecified atom stereocenters. The Hall–Kier alpha value is -0.613. The summed E-state index contributed by atoms with van der Waals surface area (Å²) in [6.07, 6.45) is 0. The Morgan fingerprint density at radius 2 is 1.18 bits per heavy atom. The molecule has 0 aromatic heterocycles. The fraction of sp³-hybridized carbons (Fsp3) is 0.296. The van der Waals surface area contributed by atoms with Crippen LogP contribution in [0.5, 0.6) is 0 Å². The van der Waals surface area contributed by atoms with E-state index in [0.717, 1.165) is 6.61 Å². The molecule has 0 atom stereocenters. The Kier molecular flexibility index (Phi) is 15.1. The van der Waals surface area contributed by atoms with Crippen molar-refractivity contribution in [3.05, 3.63) is 84.9 Å². The van der Waals surface area contributed by atoms with Crippen LogP contribution in [-0.2, 0) is 28.7 Å². The Bertz CT molecular complexity index is 954. The first-order valence-electron chi connectivity index (χ1n) is 11.0. The second kappa shape index (κ2) is 15.4. The third-order valence-corrected chi connectivity index (χ3v) is 14.9. The maximum Gasteiger partial charge on any atom is -0.0809 e. The Morgan fingerprint density at radius 3 is 1.55 bits per heavy atom. The molecule has 1 nitrogen and oxygen atoms in total. The van der Waals surface area contributed by atoms with E-state index in [1.165, 1.54) is 27.6 Å². The summed E-state index contributed by atoms with van der Waals surface area (Å²) in [5, 5.41) is 5.32. The summed E-state index contributed by atoms with van der Waals surface area (Å²) in [5.41, 5.74) is 0. The van der Waals surface area contributed by atoms with Gasteiger partial charge in [0.1, 0.15) is 0 Å². The van der Waals surface area contributed by atoms with E-state index >= 15 is 0 Å². The van der Waals surface area contributed by atoms with Crippen LogP contribution in [0.15, 0.2) is 84.9 Å². The van der Waals surface area contributed by atoms with Gasteiger partial charge < -0.3 is 24.8 Å². The summed E-state index contributed by atoms with van der Waals surface area (Å²) in [6.45, 7) is 15.0. The second-order valence-corrected chi connectivity index (χ2v) is 22.1. The van der Waals surface area contributed by atoms with E-state index in [9.17, 15) is 0 Å². The van der Waals surface area contributed by atoms with Crippen molar-refractivity contribution in [2.24, 2.45) is 0 Å². The van der Waals surface area contributed by atoms with E-state index in [0.29, 0.717) is 0 Å². The van der Waals surface area contributed by atoms with Gasteiger partial charge in [-0.2, -0.15) is 35.0 Å². The molecule has 0 saturated heterocycles. The van der Waals surface area contributed by atoms with Crippen LogP contribution < -0.4 is 24.8 Å². The minimum absolute atomic E-state index is 0. The molecule has 0 radical (unpaired) electrons. The van der Waals surface area contributed by atoms with E-state index in [-0.39, 0.29) is 24.8 Å². The van der Waals surface area contributed by atoms with Gasteiger partial charge in [-0.15, -0.1) is 59.3 Å². The minimum atomic E-state index is -1.27. The molecule has 4 aromatic carbocycles. The van der Waals surface area contributed by atoms with Crippen LogP contribution in [0.4, 0.5) is 0 Å². The van der Waals surface area contributed by atoms with Crippen molar-refractivity contribution >= 4 is 40.8 Å². The normalized spacial score (nSPS) is 10.8. The maximum absolute atomic E-state index is 5.89. The minimum Gasteiger partial charge on any atom is -1.00 e. The zero-order valence-corrected chi connectivity index (χ0v) is 26.6. The first-order chi connectivity index (χ1) is 14.6. The van der Waals surface area contributed by atoms with Gasteiger partial charge in [-0.1, -0.05) is 12.1 Å². The molecule has 0 saturated carbocycles. The Labute approximate surface area is 229 Å². The summed E-state index contributed by atoms with van der Waals surface area (Å²) >= 11 is 1.62. The topological polar surface area (TPSA) is 9.23 Å². The second-order valence-electron chi connectivity index (χ2n) is 9.53. The molecule has 0 N–H and O–H groups in total. The average molecular weight is 595 g/mol. The van der Waals surface area contributed by atoms with Crippen LogP contribution in [0.2, 0.25) is 38.8 Å². The molecule has 0 aliphatic carbocycles. The summed E-state index contributed by atoms with van der Waals surface area (Å²) in [5.74, 6) is 0. The third-order valence-electron chi connectivity index (χ3n) is 5.37. The number of rotatable bonds is 5. The largest absolute Gasteiger partial charge is 1.00 e. The fourth-order valence-electron chi connectivity index (χ4n) is 2.94. The van der Waals surface area contributed by atoms with E-state index in [1.807, 2.05) is 0 Å². The van der Waals surface area contributed by atoms with Crippen molar-refractivity contribution in [1.82, 2.24) is 0 Å². The number of hydrogen-bond donors (Lipinski definition) is 0. The Morgan fingerprint density at radius 1 is 0.758 bits per heavy atom. The molecule has 0 heterocycles. The number of hydrogen-bond acceptors (Lipinski definition) is 1. The van der Waals surface area contributed by atoms with Crippen LogP contribution in [0.3, 0.4) is 0 Å². The standard InChI is InChI=1S/C9H22OSi2.2C9H7.2ClH.Zr/c1-7-12(5,6)9-8-10-11(2,3)4;2*1-2-5-9-7-3-6-8(9)4-1;;;/h8-9H2,1-6H3;2*1-7H;2*1H;/q;2*-1;;;+2/p-2. The third kappa shape index (κ3) is 12.1. The summed E-state index contributed by atoms with van der Waals surface area (Å²) in [7, 11) is -2.30. The molecule has 0 aliphatic heterocycles. The molecule has 0 amide bonds. The van der Waals surface area contributed by atoms with Gasteiger partial charge in [0.15, 0.2) is 0 Å². The van der Waals surface area contributed by atoms with Gasteiger partial charge in [-0.05, 0) is 0 Å². The SMILES string of the molecule is C[C](=[Zr+2])[Si](C)(C)CCO[Si](C)(C)C.[Cl-].[Cl-].c1ccc2[cH-]ccc2c1.c1ccc2[cH-]ccc2c1. The van der Waals surface area contributed by atoms with E-state index in [1.54, 1.807) is 27.1 Å². The quantitative estimate of drug-likeness (QED) is 0.254. The first-order valence-corrected chi connectivity index (χ1v) is 18.8. The van der Waals surface area contributed by atoms with Crippen molar-refractivity contribution in [2.45, 2.75) is 45.7 Å². The molecule has 4 aromatic rings. The molecule has 0 aliphatic rings. The van der Waals surface area contributed by atoms with Crippen molar-refractivity contribution in [3.8, 4) is 0 Å². The maximum atomic E-state index is 5.89. The van der Waals surface area contributed by atoms with Crippen molar-refractivity contribution in [1.29, 1.82) is 0 Å². The van der Waals surface area contributed by atoms with Crippen LogP contribution in [0, 0.1) is 0 Å². The van der Waals surface area contributed by atoms with Gasteiger partial charge in [0.25, 0.3) is 0 Å². The van der Waals surface area contributed by atoms with Crippen LogP contribution in [-0.4, -0.2) is 25.8 Å². The predicted molar refractivity (Wildman–Crippen MR) is 141 cm³/mol. The van der Waals surface area contributed by atoms with Crippen LogP contribution >= 0.6 is 0 Å². The van der Waals surface area contributed by atoms with E-state index < -0.39 is 16.4 Å². The zero-order valence-electron chi connectivity index (χ0n) is 20.7. The van der Waals surface area contributed by atoms with Gasteiger partial charge in [0, 0.05) is 0 Å². The molecule has 0 bridgehead atoms. The van der Waals surface area contributed by atoms with Crippen LogP contribution in [0.1, 0.15) is 6.92 Å². The smallest absolute Gasteiger partial charge is 0.0809 e. The van der Waals surface area contributed by atoms with E-state index in [4.69, 9.17) is 4.43 Å². The summed E-state index contributed by atoms with van der Waals surface area (Å²) in [4.78, 5) is 0. The number of halogens is 2. The molecular weight excluding hydrogens is 559 g/mol. The van der Waals surface area contributed by atoms with Gasteiger partial charge in [-0.3, -0.25) is 0 Å². The molecule has 4 rings (SSSR count). The van der Waals surface area contributed by atoms with Crippen molar-refractivity contribution < 1.29 is 53.5 Å². The first kappa shape index (κ1) is 32.4. The van der Waals surface area contributed by atoms with Gasteiger partial charge >= 0.3 is 100 Å². The molecule has 33 heavy (non-hydrogen) atoms. The fourth-order valence-corrected chi connectivity index (χ4v) is 5.77. The number of fused-ring (bicyclic) bond motifs is 2.